The van der Waals surface area contributed by atoms with E-state index in [0.29, 0.717) is 22.2 Å². The van der Waals surface area contributed by atoms with E-state index in [0.717, 1.165) is 24.6 Å². The second-order valence-corrected chi connectivity index (χ2v) is 6.22. The molecule has 3 rings (SSSR count). The van der Waals surface area contributed by atoms with Gasteiger partial charge in [0.25, 0.3) is 0 Å². The van der Waals surface area contributed by atoms with Crippen LogP contribution in [-0.2, 0) is 17.5 Å². The third-order valence-electron chi connectivity index (χ3n) is 4.40. The number of nitrogens with zero attached hydrogens (tertiary/aromatic N) is 1. The molecule has 0 unspecified atom stereocenters. The van der Waals surface area contributed by atoms with Gasteiger partial charge in [0.05, 0.1) is 12.2 Å². The highest BCUT2D eigenvalue weighted by atomic mass is 19.4. The lowest BCUT2D eigenvalue weighted by Crippen LogP contribution is -2.22. The summed E-state index contributed by atoms with van der Waals surface area (Å²) < 4.78 is 43.9. The predicted molar refractivity (Wildman–Crippen MR) is 98.5 cm³/mol. The van der Waals surface area contributed by atoms with Crippen molar-refractivity contribution >= 4 is 17.0 Å². The summed E-state index contributed by atoms with van der Waals surface area (Å²) in [7, 11) is 0. The van der Waals surface area contributed by atoms with Crippen molar-refractivity contribution in [2.75, 3.05) is 6.61 Å². The minimum absolute atomic E-state index is 0.0263. The second-order valence-electron chi connectivity index (χ2n) is 6.22. The lowest BCUT2D eigenvalue weighted by Gasteiger charge is -2.17. The molecule has 1 aromatic heterocycles. The summed E-state index contributed by atoms with van der Waals surface area (Å²) in [5.74, 6) is -0.455. The van der Waals surface area contributed by atoms with Gasteiger partial charge < -0.3 is 19.9 Å². The van der Waals surface area contributed by atoms with Crippen LogP contribution in [0.4, 0.5) is 13.2 Å². The van der Waals surface area contributed by atoms with E-state index < -0.39 is 30.4 Å². The molecule has 0 radical (unpaired) electrons. The summed E-state index contributed by atoms with van der Waals surface area (Å²) in [5.41, 5.74) is 1.25. The van der Waals surface area contributed by atoms with Gasteiger partial charge in [-0.2, -0.15) is 13.2 Å². The van der Waals surface area contributed by atoms with E-state index in [1.807, 2.05) is 0 Å². The molecule has 9 heteroatoms. The summed E-state index contributed by atoms with van der Waals surface area (Å²) >= 11 is 0. The van der Waals surface area contributed by atoms with Gasteiger partial charge in [0.15, 0.2) is 12.0 Å². The van der Waals surface area contributed by atoms with Crippen LogP contribution in [0.3, 0.4) is 0 Å². The largest absolute Gasteiger partial charge is 0.443 e. The number of rotatable bonds is 6. The van der Waals surface area contributed by atoms with Crippen LogP contribution in [0.1, 0.15) is 22.8 Å². The van der Waals surface area contributed by atoms with E-state index in [-0.39, 0.29) is 17.7 Å². The van der Waals surface area contributed by atoms with Crippen LogP contribution in [0.5, 0.6) is 0 Å². The number of benzene rings is 2. The molecule has 0 aliphatic rings. The van der Waals surface area contributed by atoms with Gasteiger partial charge in [-0.25, -0.2) is 4.98 Å². The number of hydrogen-bond donors (Lipinski definition) is 3. The van der Waals surface area contributed by atoms with Crippen molar-refractivity contribution in [2.24, 2.45) is 0 Å². The van der Waals surface area contributed by atoms with Crippen molar-refractivity contribution in [2.45, 2.75) is 18.8 Å². The summed E-state index contributed by atoms with van der Waals surface area (Å²) in [5, 5.41) is 22.2. The fourth-order valence-electron chi connectivity index (χ4n) is 3.01. The Morgan fingerprint density at radius 3 is 2.59 bits per heavy atom. The SMILES string of the molecule is C=CC(=O)NCc1cc(-c2ccc(C(F)(F)F)cc2)c2ncoc2c1[C@@H](O)CO. The van der Waals surface area contributed by atoms with Gasteiger partial charge in [-0.05, 0) is 35.4 Å². The zero-order valence-electron chi connectivity index (χ0n) is 15.0. The van der Waals surface area contributed by atoms with Crippen LogP contribution < -0.4 is 5.32 Å². The summed E-state index contributed by atoms with van der Waals surface area (Å²) in [6, 6.07) is 6.11. The molecule has 0 aliphatic heterocycles. The fraction of sp³-hybridized carbons (Fsp3) is 0.200. The molecule has 1 atom stereocenters. The van der Waals surface area contributed by atoms with Gasteiger partial charge in [0.2, 0.25) is 5.91 Å². The van der Waals surface area contributed by atoms with Crippen molar-refractivity contribution < 1.29 is 32.6 Å². The maximum Gasteiger partial charge on any atom is 0.416 e. The predicted octanol–water partition coefficient (Wildman–Crippen LogP) is 3.34. The molecule has 29 heavy (non-hydrogen) atoms. The Morgan fingerprint density at radius 1 is 1.31 bits per heavy atom. The summed E-state index contributed by atoms with van der Waals surface area (Å²) in [6.45, 7) is 2.73. The van der Waals surface area contributed by atoms with E-state index >= 15 is 0 Å². The molecule has 152 valence electrons. The van der Waals surface area contributed by atoms with Crippen LogP contribution in [0.25, 0.3) is 22.2 Å². The van der Waals surface area contributed by atoms with Crippen molar-refractivity contribution in [3.63, 3.8) is 0 Å². The molecule has 0 fully saturated rings. The Balaban J connectivity index is 2.16. The molecule has 3 aromatic rings. The highest BCUT2D eigenvalue weighted by Gasteiger charge is 2.30. The molecular weight excluding hydrogens is 389 g/mol. The van der Waals surface area contributed by atoms with E-state index in [1.54, 1.807) is 6.07 Å². The molecular formula is C20H17F3N2O4. The first-order valence-corrected chi connectivity index (χ1v) is 8.52. The first-order valence-electron chi connectivity index (χ1n) is 8.52. The van der Waals surface area contributed by atoms with Crippen LogP contribution >= 0.6 is 0 Å². The lowest BCUT2D eigenvalue weighted by atomic mass is 9.94. The quantitative estimate of drug-likeness (QED) is 0.546. The molecule has 1 amide bonds. The highest BCUT2D eigenvalue weighted by molar-refractivity contribution is 5.94. The molecule has 3 N–H and O–H groups in total. The van der Waals surface area contributed by atoms with Crippen LogP contribution in [0, 0.1) is 0 Å². The first-order chi connectivity index (χ1) is 13.8. The summed E-state index contributed by atoms with van der Waals surface area (Å²) in [6.07, 6.45) is -3.55. The van der Waals surface area contributed by atoms with E-state index in [1.165, 1.54) is 12.1 Å². The number of aliphatic hydroxyl groups excluding tert-OH is 2. The first kappa shape index (κ1) is 20.6. The zero-order valence-corrected chi connectivity index (χ0v) is 15.0. The number of hydrogen-bond acceptors (Lipinski definition) is 5. The average molecular weight is 406 g/mol. The third kappa shape index (κ3) is 4.15. The Bertz CT molecular complexity index is 1040. The normalized spacial score (nSPS) is 12.7. The smallest absolute Gasteiger partial charge is 0.416 e. The van der Waals surface area contributed by atoms with Crippen molar-refractivity contribution in [1.29, 1.82) is 0 Å². The number of oxazole rings is 1. The number of fused-ring (bicyclic) bond motifs is 1. The minimum atomic E-state index is -4.46. The third-order valence-corrected chi connectivity index (χ3v) is 4.40. The van der Waals surface area contributed by atoms with Gasteiger partial charge >= 0.3 is 6.18 Å². The Hall–Kier alpha value is -3.17. The molecule has 1 heterocycles. The highest BCUT2D eigenvalue weighted by Crippen LogP contribution is 2.37. The number of amides is 1. The van der Waals surface area contributed by atoms with Crippen LogP contribution in [-0.4, -0.2) is 27.7 Å². The molecule has 0 saturated carbocycles. The van der Waals surface area contributed by atoms with Crippen LogP contribution in [0.2, 0.25) is 0 Å². The zero-order chi connectivity index (χ0) is 21.2. The number of halogens is 3. The number of alkyl halides is 3. The molecule has 0 spiro atoms. The molecule has 0 saturated heterocycles. The van der Waals surface area contributed by atoms with E-state index in [2.05, 4.69) is 16.9 Å². The average Bonchev–Trinajstić information content (AvgIpc) is 3.19. The van der Waals surface area contributed by atoms with Gasteiger partial charge in [-0.3, -0.25) is 4.79 Å². The van der Waals surface area contributed by atoms with Gasteiger partial charge in [0, 0.05) is 17.7 Å². The van der Waals surface area contributed by atoms with Crippen LogP contribution in [0.15, 0.2) is 53.8 Å². The van der Waals surface area contributed by atoms with Gasteiger partial charge in [0.1, 0.15) is 11.6 Å². The maximum atomic E-state index is 12.9. The molecule has 2 aromatic carbocycles. The van der Waals surface area contributed by atoms with Crippen molar-refractivity contribution in [1.82, 2.24) is 10.3 Å². The Labute approximate surface area is 163 Å². The Kier molecular flexibility index (Phi) is 5.71. The summed E-state index contributed by atoms with van der Waals surface area (Å²) in [4.78, 5) is 15.7. The monoisotopic (exact) mass is 406 g/mol. The van der Waals surface area contributed by atoms with Crippen molar-refractivity contribution in [3.05, 3.63) is 66.1 Å². The second kappa shape index (κ2) is 8.06. The van der Waals surface area contributed by atoms with Gasteiger partial charge in [-0.1, -0.05) is 18.7 Å². The van der Waals surface area contributed by atoms with E-state index in [4.69, 9.17) is 4.42 Å². The fourth-order valence-corrected chi connectivity index (χ4v) is 3.01. The number of aliphatic hydroxyl groups is 2. The number of carbonyl (C=O) groups excluding carboxylic acids is 1. The number of carbonyl (C=O) groups is 1. The molecule has 6 nitrogen and oxygen atoms in total. The van der Waals surface area contributed by atoms with E-state index in [9.17, 15) is 28.2 Å². The molecule has 0 aliphatic carbocycles. The molecule has 0 bridgehead atoms. The number of aromatic nitrogens is 1. The van der Waals surface area contributed by atoms with Crippen molar-refractivity contribution in [3.8, 4) is 11.1 Å². The standard InChI is InChI=1S/C20H17F3N2O4/c1-2-16(28)24-8-12-7-14(11-3-5-13(6-4-11)20(21,22)23)18-19(29-10-25-18)17(12)15(27)9-26/h2-7,10,15,26-27H,1,8-9H2,(H,24,28)/t15-/m0/s1. The maximum absolute atomic E-state index is 12.9. The Morgan fingerprint density at radius 2 is 2.00 bits per heavy atom. The number of nitrogens with one attached hydrogen (secondary N) is 1. The van der Waals surface area contributed by atoms with Gasteiger partial charge in [-0.15, -0.1) is 0 Å². The topological polar surface area (TPSA) is 95.6 Å². The minimum Gasteiger partial charge on any atom is -0.443 e. The lowest BCUT2D eigenvalue weighted by molar-refractivity contribution is -0.137.